The maximum atomic E-state index is 5.48. The molecule has 3 rings (SSSR count). The van der Waals surface area contributed by atoms with Gasteiger partial charge in [-0.2, -0.15) is 5.43 Å². The Morgan fingerprint density at radius 2 is 1.86 bits per heavy atom. The zero-order valence-electron chi connectivity index (χ0n) is 11.9. The number of halogens is 1. The summed E-state index contributed by atoms with van der Waals surface area (Å²) in [6, 6.07) is 16.5. The average Bonchev–Trinajstić information content (AvgIpc) is 2.76. The van der Waals surface area contributed by atoms with Crippen molar-refractivity contribution >= 4 is 38.9 Å². The molecular formula is C16H16BrN3S. The van der Waals surface area contributed by atoms with Crippen LogP contribution in [0.2, 0.25) is 0 Å². The Morgan fingerprint density at radius 3 is 2.52 bits per heavy atom. The summed E-state index contributed by atoms with van der Waals surface area (Å²) < 4.78 is 1.05. The van der Waals surface area contributed by atoms with Crippen molar-refractivity contribution in [3.63, 3.8) is 0 Å². The maximum absolute atomic E-state index is 5.48. The predicted octanol–water partition coefficient (Wildman–Crippen LogP) is 3.83. The highest BCUT2D eigenvalue weighted by molar-refractivity contribution is 9.10. The molecule has 1 heterocycles. The fourth-order valence-corrected chi connectivity index (χ4v) is 3.14. The summed E-state index contributed by atoms with van der Waals surface area (Å²) in [5.41, 5.74) is 6.40. The van der Waals surface area contributed by atoms with E-state index in [1.54, 1.807) is 0 Å². The van der Waals surface area contributed by atoms with Crippen molar-refractivity contribution in [2.75, 3.05) is 5.01 Å². The highest BCUT2D eigenvalue weighted by atomic mass is 79.9. The third-order valence-electron chi connectivity index (χ3n) is 3.59. The van der Waals surface area contributed by atoms with Gasteiger partial charge in [0.2, 0.25) is 0 Å². The second-order valence-corrected chi connectivity index (χ2v) is 6.65. The Balaban J connectivity index is 1.92. The third-order valence-corrected chi connectivity index (χ3v) is 4.37. The molecule has 1 atom stereocenters. The van der Waals surface area contributed by atoms with Crippen LogP contribution in [0.15, 0.2) is 53.0 Å². The van der Waals surface area contributed by atoms with E-state index >= 15 is 0 Å². The van der Waals surface area contributed by atoms with Crippen LogP contribution in [0, 0.1) is 6.92 Å². The molecule has 1 fully saturated rings. The Morgan fingerprint density at radius 1 is 1.14 bits per heavy atom. The summed E-state index contributed by atoms with van der Waals surface area (Å²) in [4.78, 5) is 0. The van der Waals surface area contributed by atoms with Crippen molar-refractivity contribution in [3.8, 4) is 0 Å². The molecule has 3 nitrogen and oxygen atoms in total. The molecule has 2 aromatic carbocycles. The fourth-order valence-electron chi connectivity index (χ4n) is 2.38. The molecule has 1 saturated heterocycles. The first-order valence-electron chi connectivity index (χ1n) is 6.71. The van der Waals surface area contributed by atoms with Crippen molar-refractivity contribution in [3.05, 3.63) is 64.1 Å². The van der Waals surface area contributed by atoms with Crippen molar-refractivity contribution in [2.24, 2.45) is 0 Å². The van der Waals surface area contributed by atoms with Gasteiger partial charge in [-0.25, -0.2) is 5.01 Å². The van der Waals surface area contributed by atoms with E-state index < -0.39 is 5.66 Å². The van der Waals surface area contributed by atoms with E-state index in [0.717, 1.165) is 15.7 Å². The Bertz CT molecular complexity index is 686. The molecule has 2 aromatic rings. The number of benzene rings is 2. The molecule has 0 saturated carbocycles. The van der Waals surface area contributed by atoms with Gasteiger partial charge in [0.05, 0.1) is 5.69 Å². The highest BCUT2D eigenvalue weighted by Gasteiger charge is 2.38. The van der Waals surface area contributed by atoms with Gasteiger partial charge in [0.15, 0.2) is 5.11 Å². The third kappa shape index (κ3) is 2.81. The largest absolute Gasteiger partial charge is 0.338 e. The summed E-state index contributed by atoms with van der Waals surface area (Å²) in [5.74, 6) is 0. The first-order chi connectivity index (χ1) is 9.98. The van der Waals surface area contributed by atoms with Crippen molar-refractivity contribution in [2.45, 2.75) is 19.5 Å². The van der Waals surface area contributed by atoms with Gasteiger partial charge >= 0.3 is 0 Å². The molecule has 2 N–H and O–H groups in total. The van der Waals surface area contributed by atoms with E-state index in [9.17, 15) is 0 Å². The number of anilines is 1. The summed E-state index contributed by atoms with van der Waals surface area (Å²) in [5, 5.41) is 5.94. The minimum absolute atomic E-state index is 0.425. The monoisotopic (exact) mass is 361 g/mol. The lowest BCUT2D eigenvalue weighted by Gasteiger charge is -2.26. The van der Waals surface area contributed by atoms with E-state index in [1.165, 1.54) is 5.56 Å². The second-order valence-electron chi connectivity index (χ2n) is 5.35. The SMILES string of the molecule is Cc1ccc(N2N[C@@](C)(c3cccc(Br)c3)NC2=S)cc1. The number of hydrogen-bond donors (Lipinski definition) is 2. The zero-order valence-corrected chi connectivity index (χ0v) is 14.3. The molecule has 5 heteroatoms. The van der Waals surface area contributed by atoms with Crippen LogP contribution in [0.25, 0.3) is 0 Å². The number of hydrogen-bond acceptors (Lipinski definition) is 2. The lowest BCUT2D eigenvalue weighted by atomic mass is 10.0. The minimum atomic E-state index is -0.425. The van der Waals surface area contributed by atoms with E-state index in [0.29, 0.717) is 5.11 Å². The molecule has 0 radical (unpaired) electrons. The van der Waals surface area contributed by atoms with Crippen molar-refractivity contribution in [1.82, 2.24) is 10.7 Å². The number of nitrogens with zero attached hydrogens (tertiary/aromatic N) is 1. The topological polar surface area (TPSA) is 27.3 Å². The summed E-state index contributed by atoms with van der Waals surface area (Å²) in [6.45, 7) is 4.15. The van der Waals surface area contributed by atoms with Gasteiger partial charge in [-0.15, -0.1) is 0 Å². The van der Waals surface area contributed by atoms with E-state index in [2.05, 4.69) is 76.9 Å². The minimum Gasteiger partial charge on any atom is -0.338 e. The summed E-state index contributed by atoms with van der Waals surface area (Å²) in [6.07, 6.45) is 0. The van der Waals surface area contributed by atoms with Gasteiger partial charge in [-0.1, -0.05) is 45.8 Å². The maximum Gasteiger partial charge on any atom is 0.190 e. The molecule has 0 unspecified atom stereocenters. The van der Waals surface area contributed by atoms with Crippen LogP contribution in [0.1, 0.15) is 18.1 Å². The van der Waals surface area contributed by atoms with Gasteiger partial charge in [0.25, 0.3) is 0 Å². The molecule has 0 bridgehead atoms. The molecule has 21 heavy (non-hydrogen) atoms. The molecule has 0 spiro atoms. The second kappa shape index (κ2) is 5.40. The standard InChI is InChI=1S/C16H16BrN3S/c1-11-6-8-14(9-7-11)20-15(21)18-16(2,19-20)12-4-3-5-13(17)10-12/h3-10,19H,1-2H3,(H,18,21)/t16-/m0/s1. The Labute approximate surface area is 138 Å². The molecular weight excluding hydrogens is 346 g/mol. The number of aryl methyl sites for hydroxylation is 1. The average molecular weight is 362 g/mol. The molecule has 0 aromatic heterocycles. The van der Waals surface area contributed by atoms with Crippen LogP contribution in [0.4, 0.5) is 5.69 Å². The number of hydrazine groups is 1. The van der Waals surface area contributed by atoms with Crippen LogP contribution in [-0.4, -0.2) is 5.11 Å². The van der Waals surface area contributed by atoms with Crippen LogP contribution < -0.4 is 15.8 Å². The molecule has 1 aliphatic heterocycles. The van der Waals surface area contributed by atoms with Crippen LogP contribution >= 0.6 is 28.1 Å². The molecule has 0 aliphatic carbocycles. The zero-order chi connectivity index (χ0) is 15.0. The predicted molar refractivity (Wildman–Crippen MR) is 94.0 cm³/mol. The lowest BCUT2D eigenvalue weighted by molar-refractivity contribution is 0.389. The van der Waals surface area contributed by atoms with Gasteiger partial charge in [-0.3, -0.25) is 0 Å². The van der Waals surface area contributed by atoms with Gasteiger partial charge in [-0.05, 0) is 55.9 Å². The lowest BCUT2D eigenvalue weighted by Crippen LogP contribution is -2.45. The number of nitrogens with one attached hydrogen (secondary N) is 2. The van der Waals surface area contributed by atoms with E-state index in [-0.39, 0.29) is 0 Å². The highest BCUT2D eigenvalue weighted by Crippen LogP contribution is 2.28. The van der Waals surface area contributed by atoms with Gasteiger partial charge < -0.3 is 5.32 Å². The summed E-state index contributed by atoms with van der Waals surface area (Å²) >= 11 is 8.99. The molecule has 1 aliphatic rings. The van der Waals surface area contributed by atoms with Crippen LogP contribution in [-0.2, 0) is 5.66 Å². The number of thiocarbonyl (C=S) groups is 1. The Kier molecular flexibility index (Phi) is 3.73. The smallest absolute Gasteiger partial charge is 0.190 e. The van der Waals surface area contributed by atoms with Gasteiger partial charge in [0, 0.05) is 4.47 Å². The van der Waals surface area contributed by atoms with Crippen molar-refractivity contribution < 1.29 is 0 Å². The number of rotatable bonds is 2. The van der Waals surface area contributed by atoms with E-state index in [4.69, 9.17) is 12.2 Å². The normalized spacial score (nSPS) is 21.5. The molecule has 0 amide bonds. The van der Waals surface area contributed by atoms with Gasteiger partial charge in [0.1, 0.15) is 5.66 Å². The van der Waals surface area contributed by atoms with E-state index in [1.807, 2.05) is 17.1 Å². The quantitative estimate of drug-likeness (QED) is 0.794. The first kappa shape index (κ1) is 14.5. The summed E-state index contributed by atoms with van der Waals surface area (Å²) in [7, 11) is 0. The fraction of sp³-hybridized carbons (Fsp3) is 0.188. The van der Waals surface area contributed by atoms with Crippen LogP contribution in [0.5, 0.6) is 0 Å². The first-order valence-corrected chi connectivity index (χ1v) is 7.91. The van der Waals surface area contributed by atoms with Crippen molar-refractivity contribution in [1.29, 1.82) is 0 Å². The molecule has 108 valence electrons. The Hall–Kier alpha value is -1.43. The van der Waals surface area contributed by atoms with Crippen LogP contribution in [0.3, 0.4) is 0 Å².